The van der Waals surface area contributed by atoms with Crippen molar-refractivity contribution >= 4 is 34.1 Å². The van der Waals surface area contributed by atoms with Crippen molar-refractivity contribution in [3.05, 3.63) is 33.8 Å². The quantitative estimate of drug-likeness (QED) is 0.457. The van der Waals surface area contributed by atoms with Gasteiger partial charge in [-0.2, -0.15) is 0 Å². The lowest BCUT2D eigenvalue weighted by Crippen LogP contribution is -2.43. The number of rotatable bonds is 4. The third-order valence-electron chi connectivity index (χ3n) is 3.12. The monoisotopic (exact) mass is 457 g/mol. The van der Waals surface area contributed by atoms with Gasteiger partial charge >= 0.3 is 18.2 Å². The highest BCUT2D eigenvalue weighted by molar-refractivity contribution is 9.10. The van der Waals surface area contributed by atoms with Gasteiger partial charge in [-0.15, -0.1) is 0 Å². The van der Waals surface area contributed by atoms with Crippen LogP contribution in [0, 0.1) is 0 Å². The van der Waals surface area contributed by atoms with Gasteiger partial charge in [-0.25, -0.2) is 14.5 Å². The lowest BCUT2D eigenvalue weighted by atomic mass is 10.1. The Hall–Kier alpha value is -2.09. The van der Waals surface area contributed by atoms with E-state index < -0.39 is 23.4 Å². The minimum absolute atomic E-state index is 0.0315. The van der Waals surface area contributed by atoms with Crippen LogP contribution in [-0.4, -0.2) is 34.3 Å². The molecule has 0 saturated carbocycles. The van der Waals surface area contributed by atoms with Crippen LogP contribution in [0.15, 0.2) is 22.7 Å². The summed E-state index contributed by atoms with van der Waals surface area (Å²) in [6.45, 7) is 11.8. The van der Waals surface area contributed by atoms with Crippen LogP contribution in [-0.2, 0) is 32.2 Å². The number of hydrogen-bond acceptors (Lipinski definition) is 6. The Balaban J connectivity index is 3.05. The third-order valence-corrected chi connectivity index (χ3v) is 3.86. The molecule has 8 heteroatoms. The lowest BCUT2D eigenvalue weighted by Gasteiger charge is -2.28. The molecule has 0 fully saturated rings. The molecule has 156 valence electrons. The van der Waals surface area contributed by atoms with Crippen molar-refractivity contribution in [2.24, 2.45) is 0 Å². The van der Waals surface area contributed by atoms with Crippen LogP contribution in [0.1, 0.15) is 59.6 Å². The minimum atomic E-state index is -0.790. The summed E-state index contributed by atoms with van der Waals surface area (Å²) in [5.41, 5.74) is -0.0762. The molecule has 0 unspecified atom stereocenters. The average molecular weight is 458 g/mol. The van der Waals surface area contributed by atoms with E-state index in [4.69, 9.17) is 14.2 Å². The summed E-state index contributed by atoms with van der Waals surface area (Å²) in [4.78, 5) is 37.0. The van der Waals surface area contributed by atoms with Gasteiger partial charge in [-0.05, 0) is 53.2 Å². The maximum Gasteiger partial charge on any atom is 0.420 e. The van der Waals surface area contributed by atoms with Crippen molar-refractivity contribution < 1.29 is 28.6 Å². The zero-order valence-corrected chi connectivity index (χ0v) is 19.0. The first kappa shape index (κ1) is 23.9. The van der Waals surface area contributed by atoms with E-state index in [1.54, 1.807) is 59.7 Å². The van der Waals surface area contributed by atoms with Crippen LogP contribution in [0.4, 0.5) is 9.59 Å². The summed E-state index contributed by atoms with van der Waals surface area (Å²) in [6, 6.07) is 5.25. The van der Waals surface area contributed by atoms with Gasteiger partial charge in [0.15, 0.2) is 0 Å². The first-order valence-corrected chi connectivity index (χ1v) is 9.61. The predicted molar refractivity (Wildman–Crippen MR) is 108 cm³/mol. The average Bonchev–Trinajstić information content (AvgIpc) is 2.47. The van der Waals surface area contributed by atoms with Crippen LogP contribution in [0.2, 0.25) is 0 Å². The molecule has 0 saturated heterocycles. The molecule has 1 aromatic carbocycles. The summed E-state index contributed by atoms with van der Waals surface area (Å²) in [6.07, 6.45) is -1.58. The molecule has 0 N–H and O–H groups in total. The highest BCUT2D eigenvalue weighted by Crippen LogP contribution is 2.22. The molecule has 28 heavy (non-hydrogen) atoms. The summed E-state index contributed by atoms with van der Waals surface area (Å²) >= 11 is 3.42. The Labute approximate surface area is 174 Å². The van der Waals surface area contributed by atoms with E-state index in [1.165, 1.54) is 6.92 Å². The van der Waals surface area contributed by atoms with Gasteiger partial charge in [0.2, 0.25) is 0 Å². The molecule has 0 bridgehead atoms. The Morgan fingerprint density at radius 2 is 1.46 bits per heavy atom. The zero-order valence-electron chi connectivity index (χ0n) is 17.4. The first-order valence-electron chi connectivity index (χ1n) is 8.82. The molecular formula is C20H28BrNO6. The molecule has 0 aliphatic heterocycles. The summed E-state index contributed by atoms with van der Waals surface area (Å²) in [5.74, 6) is -0.378. The fourth-order valence-corrected chi connectivity index (χ4v) is 2.55. The van der Waals surface area contributed by atoms with Gasteiger partial charge in [0.05, 0.1) is 6.54 Å². The SMILES string of the molecule is CC(=O)OCc1ccc(CN(C(=O)OC(C)(C)C)C(=O)OC(C)(C)C)cc1Br. The number of benzene rings is 1. The zero-order chi connectivity index (χ0) is 21.7. The molecule has 0 radical (unpaired) electrons. The number of carbonyl (C=O) groups excluding carboxylic acids is 3. The molecule has 1 aromatic rings. The second-order valence-corrected chi connectivity index (χ2v) is 9.11. The fourth-order valence-electron chi connectivity index (χ4n) is 2.01. The second-order valence-electron chi connectivity index (χ2n) is 8.25. The van der Waals surface area contributed by atoms with E-state index in [1.807, 2.05) is 0 Å². The van der Waals surface area contributed by atoms with E-state index in [0.29, 0.717) is 10.0 Å². The summed E-state index contributed by atoms with van der Waals surface area (Å²) < 4.78 is 16.4. The standard InChI is InChI=1S/C20H28BrNO6/c1-13(23)26-12-15-9-8-14(10-16(15)21)11-22(17(24)27-19(2,3)4)18(25)28-20(5,6)7/h8-10H,11-12H2,1-7H3. The number of imide groups is 1. The van der Waals surface area contributed by atoms with E-state index in [9.17, 15) is 14.4 Å². The number of esters is 1. The van der Waals surface area contributed by atoms with Crippen molar-refractivity contribution in [2.45, 2.75) is 72.8 Å². The second kappa shape index (κ2) is 9.41. The molecule has 0 aromatic heterocycles. The summed E-state index contributed by atoms with van der Waals surface area (Å²) in [7, 11) is 0. The Bertz CT molecular complexity index is 705. The van der Waals surface area contributed by atoms with Gasteiger partial charge in [-0.1, -0.05) is 28.1 Å². The van der Waals surface area contributed by atoms with Gasteiger partial charge in [0.25, 0.3) is 0 Å². The van der Waals surface area contributed by atoms with Crippen LogP contribution in [0.25, 0.3) is 0 Å². The topological polar surface area (TPSA) is 82.1 Å². The third kappa shape index (κ3) is 8.73. The van der Waals surface area contributed by atoms with Gasteiger partial charge in [0.1, 0.15) is 17.8 Å². The number of halogens is 1. The van der Waals surface area contributed by atoms with Crippen LogP contribution in [0.3, 0.4) is 0 Å². The molecular weight excluding hydrogens is 430 g/mol. The Kier molecular flexibility index (Phi) is 8.05. The minimum Gasteiger partial charge on any atom is -0.461 e. The highest BCUT2D eigenvalue weighted by atomic mass is 79.9. The molecule has 0 spiro atoms. The van der Waals surface area contributed by atoms with E-state index >= 15 is 0 Å². The smallest absolute Gasteiger partial charge is 0.420 e. The number of amides is 2. The van der Waals surface area contributed by atoms with Crippen molar-refractivity contribution in [1.29, 1.82) is 0 Å². The van der Waals surface area contributed by atoms with Crippen LogP contribution >= 0.6 is 15.9 Å². The predicted octanol–water partition coefficient (Wildman–Crippen LogP) is 5.18. The van der Waals surface area contributed by atoms with Crippen molar-refractivity contribution in [3.8, 4) is 0 Å². The maximum atomic E-state index is 12.6. The maximum absolute atomic E-state index is 12.6. The molecule has 2 amide bonds. The van der Waals surface area contributed by atoms with Crippen LogP contribution < -0.4 is 0 Å². The summed E-state index contributed by atoms with van der Waals surface area (Å²) in [5, 5.41) is 0. The Morgan fingerprint density at radius 3 is 1.86 bits per heavy atom. The number of nitrogens with zero attached hydrogens (tertiary/aromatic N) is 1. The number of carbonyl (C=O) groups is 3. The largest absolute Gasteiger partial charge is 0.461 e. The van der Waals surface area contributed by atoms with Crippen molar-refractivity contribution in [2.75, 3.05) is 0 Å². The van der Waals surface area contributed by atoms with Crippen LogP contribution in [0.5, 0.6) is 0 Å². The van der Waals surface area contributed by atoms with Crippen molar-refractivity contribution in [1.82, 2.24) is 4.90 Å². The number of hydrogen-bond donors (Lipinski definition) is 0. The van der Waals surface area contributed by atoms with E-state index in [2.05, 4.69) is 15.9 Å². The molecule has 0 atom stereocenters. The first-order chi connectivity index (χ1) is 12.7. The van der Waals surface area contributed by atoms with E-state index in [-0.39, 0.29) is 19.1 Å². The molecule has 0 heterocycles. The Morgan fingerprint density at radius 1 is 0.964 bits per heavy atom. The van der Waals surface area contributed by atoms with Gasteiger partial charge in [-0.3, -0.25) is 4.79 Å². The molecule has 0 aliphatic carbocycles. The van der Waals surface area contributed by atoms with Gasteiger partial charge < -0.3 is 14.2 Å². The molecule has 7 nitrogen and oxygen atoms in total. The van der Waals surface area contributed by atoms with E-state index in [0.717, 1.165) is 10.5 Å². The normalized spacial score (nSPS) is 11.6. The highest BCUT2D eigenvalue weighted by Gasteiger charge is 2.31. The lowest BCUT2D eigenvalue weighted by molar-refractivity contribution is -0.142. The number of ether oxygens (including phenoxy) is 3. The molecule has 0 aliphatic rings. The fraction of sp³-hybridized carbons (Fsp3) is 0.550. The molecule has 1 rings (SSSR count). The van der Waals surface area contributed by atoms with Crippen molar-refractivity contribution in [3.63, 3.8) is 0 Å². The van der Waals surface area contributed by atoms with Gasteiger partial charge in [0, 0.05) is 17.0 Å².